The predicted molar refractivity (Wildman–Crippen MR) is 106 cm³/mol. The van der Waals surface area contributed by atoms with Crippen molar-refractivity contribution in [3.63, 3.8) is 0 Å². The van der Waals surface area contributed by atoms with Crippen LogP contribution in [0.4, 0.5) is 5.69 Å². The van der Waals surface area contributed by atoms with Crippen LogP contribution in [0.1, 0.15) is 31.0 Å². The van der Waals surface area contributed by atoms with Crippen molar-refractivity contribution in [1.82, 2.24) is 9.88 Å². The Morgan fingerprint density at radius 3 is 2.62 bits per heavy atom. The lowest BCUT2D eigenvalue weighted by atomic mass is 9.98. The molecule has 26 heavy (non-hydrogen) atoms. The van der Waals surface area contributed by atoms with Gasteiger partial charge in [-0.25, -0.2) is 0 Å². The van der Waals surface area contributed by atoms with Crippen LogP contribution in [0.15, 0.2) is 23.0 Å². The van der Waals surface area contributed by atoms with E-state index in [1.165, 1.54) is 12.8 Å². The zero-order chi connectivity index (χ0) is 18.1. The van der Waals surface area contributed by atoms with Crippen LogP contribution in [0, 0.1) is 12.8 Å². The lowest BCUT2D eigenvalue weighted by molar-refractivity contribution is 0.122. The molecule has 0 unspecified atom stereocenters. The number of piperidine rings is 1. The summed E-state index contributed by atoms with van der Waals surface area (Å²) >= 11 is 0. The third-order valence-electron chi connectivity index (χ3n) is 5.93. The van der Waals surface area contributed by atoms with Gasteiger partial charge in [0.25, 0.3) is 0 Å². The molecule has 2 aromatic rings. The number of nitrogens with one attached hydrogen (secondary N) is 1. The number of hydrogen-bond donors (Lipinski definition) is 1. The smallest absolute Gasteiger partial charge is 0.194 e. The number of benzene rings is 1. The average molecular weight is 355 g/mol. The third kappa shape index (κ3) is 3.51. The summed E-state index contributed by atoms with van der Waals surface area (Å²) in [6.07, 6.45) is 2.46. The van der Waals surface area contributed by atoms with E-state index in [9.17, 15) is 4.79 Å². The summed E-state index contributed by atoms with van der Waals surface area (Å²) in [4.78, 5) is 21.4. The van der Waals surface area contributed by atoms with E-state index < -0.39 is 0 Å². The zero-order valence-corrected chi connectivity index (χ0v) is 15.9. The molecular weight excluding hydrogens is 326 g/mol. The minimum absolute atomic E-state index is 0.185. The molecule has 1 aromatic carbocycles. The topological polar surface area (TPSA) is 48.6 Å². The van der Waals surface area contributed by atoms with Gasteiger partial charge in [0.15, 0.2) is 5.43 Å². The molecule has 1 aromatic heterocycles. The molecule has 2 saturated heterocycles. The minimum atomic E-state index is 0.185. The molecule has 2 fully saturated rings. The van der Waals surface area contributed by atoms with E-state index in [-0.39, 0.29) is 5.43 Å². The SMILES string of the molecule is Cc1[nH]c2ccc(N3CCOCC3)cc2c(=O)c1CN1CCC(C)CC1. The maximum Gasteiger partial charge on any atom is 0.194 e. The van der Waals surface area contributed by atoms with Gasteiger partial charge in [-0.3, -0.25) is 9.69 Å². The Bertz CT molecular complexity index is 831. The van der Waals surface area contributed by atoms with Crippen LogP contribution in [-0.2, 0) is 11.3 Å². The maximum atomic E-state index is 13.2. The molecule has 5 heteroatoms. The number of anilines is 1. The van der Waals surface area contributed by atoms with E-state index in [2.05, 4.69) is 33.8 Å². The molecule has 0 bridgehead atoms. The highest BCUT2D eigenvalue weighted by molar-refractivity contribution is 5.83. The van der Waals surface area contributed by atoms with E-state index in [0.29, 0.717) is 0 Å². The molecule has 4 rings (SSSR count). The van der Waals surface area contributed by atoms with Crippen LogP contribution >= 0.6 is 0 Å². The highest BCUT2D eigenvalue weighted by atomic mass is 16.5. The van der Waals surface area contributed by atoms with Gasteiger partial charge < -0.3 is 14.6 Å². The Hall–Kier alpha value is -1.85. The number of hydrogen-bond acceptors (Lipinski definition) is 4. The quantitative estimate of drug-likeness (QED) is 0.920. The molecule has 0 amide bonds. The summed E-state index contributed by atoms with van der Waals surface area (Å²) in [6.45, 7) is 10.5. The first-order valence-electron chi connectivity index (χ1n) is 9.82. The van der Waals surface area contributed by atoms with Gasteiger partial charge in [-0.05, 0) is 57.0 Å². The lowest BCUT2D eigenvalue weighted by Crippen LogP contribution is -2.36. The van der Waals surface area contributed by atoms with Gasteiger partial charge >= 0.3 is 0 Å². The lowest BCUT2D eigenvalue weighted by Gasteiger charge is -2.30. The Labute approximate surface area is 154 Å². The molecule has 0 aliphatic carbocycles. The molecule has 0 radical (unpaired) electrons. The number of fused-ring (bicyclic) bond motifs is 1. The monoisotopic (exact) mass is 355 g/mol. The predicted octanol–water partition coefficient (Wildman–Crippen LogP) is 2.91. The van der Waals surface area contributed by atoms with E-state index in [1.54, 1.807) is 0 Å². The van der Waals surface area contributed by atoms with Gasteiger partial charge in [0.2, 0.25) is 0 Å². The first kappa shape index (κ1) is 17.6. The number of aromatic amines is 1. The van der Waals surface area contributed by atoms with Gasteiger partial charge in [0, 0.05) is 47.5 Å². The average Bonchev–Trinajstić information content (AvgIpc) is 2.67. The Morgan fingerprint density at radius 2 is 1.88 bits per heavy atom. The standard InChI is InChI=1S/C21H29N3O2/c1-15-5-7-23(8-6-15)14-19-16(2)22-20-4-3-17(13-18(20)21(19)25)24-9-11-26-12-10-24/h3-4,13,15H,5-12,14H2,1-2H3,(H,22,25). The first-order valence-corrected chi connectivity index (χ1v) is 9.82. The van der Waals surface area contributed by atoms with Gasteiger partial charge in [-0.15, -0.1) is 0 Å². The fourth-order valence-corrected chi connectivity index (χ4v) is 4.09. The van der Waals surface area contributed by atoms with Gasteiger partial charge in [0.1, 0.15) is 0 Å². The number of pyridine rings is 1. The van der Waals surface area contributed by atoms with Crippen molar-refractivity contribution in [1.29, 1.82) is 0 Å². The van der Waals surface area contributed by atoms with Crippen molar-refractivity contribution in [2.24, 2.45) is 5.92 Å². The highest BCUT2D eigenvalue weighted by Gasteiger charge is 2.19. The second-order valence-electron chi connectivity index (χ2n) is 7.85. The summed E-state index contributed by atoms with van der Waals surface area (Å²) in [5.41, 5.74) is 4.16. The van der Waals surface area contributed by atoms with Crippen molar-refractivity contribution >= 4 is 16.6 Å². The molecule has 1 N–H and O–H groups in total. The van der Waals surface area contributed by atoms with Crippen LogP contribution in [0.3, 0.4) is 0 Å². The van der Waals surface area contributed by atoms with Crippen LogP contribution < -0.4 is 10.3 Å². The molecule has 2 aliphatic heterocycles. The van der Waals surface area contributed by atoms with Crippen molar-refractivity contribution in [2.75, 3.05) is 44.3 Å². The zero-order valence-electron chi connectivity index (χ0n) is 15.9. The maximum absolute atomic E-state index is 13.2. The molecule has 140 valence electrons. The molecular formula is C21H29N3O2. The third-order valence-corrected chi connectivity index (χ3v) is 5.93. The van der Waals surface area contributed by atoms with Gasteiger partial charge in [-0.1, -0.05) is 6.92 Å². The largest absolute Gasteiger partial charge is 0.378 e. The molecule has 0 saturated carbocycles. The highest BCUT2D eigenvalue weighted by Crippen LogP contribution is 2.23. The molecule has 0 atom stereocenters. The second-order valence-corrected chi connectivity index (χ2v) is 7.85. The number of aryl methyl sites for hydroxylation is 1. The summed E-state index contributed by atoms with van der Waals surface area (Å²) in [5, 5.41) is 0.806. The molecule has 2 aliphatic rings. The summed E-state index contributed by atoms with van der Waals surface area (Å²) < 4.78 is 5.44. The first-order chi connectivity index (χ1) is 12.6. The number of H-pyrrole nitrogens is 1. The second kappa shape index (κ2) is 7.41. The van der Waals surface area contributed by atoms with Crippen molar-refractivity contribution in [3.8, 4) is 0 Å². The Morgan fingerprint density at radius 1 is 1.15 bits per heavy atom. The van der Waals surface area contributed by atoms with E-state index in [1.807, 2.05) is 13.0 Å². The van der Waals surface area contributed by atoms with E-state index >= 15 is 0 Å². The molecule has 0 spiro atoms. The summed E-state index contributed by atoms with van der Waals surface area (Å²) in [6, 6.07) is 6.20. The van der Waals surface area contributed by atoms with E-state index in [0.717, 1.165) is 79.7 Å². The van der Waals surface area contributed by atoms with Gasteiger partial charge in [-0.2, -0.15) is 0 Å². The number of aromatic nitrogens is 1. The van der Waals surface area contributed by atoms with Crippen LogP contribution in [0.5, 0.6) is 0 Å². The van der Waals surface area contributed by atoms with Crippen LogP contribution in [0.25, 0.3) is 10.9 Å². The number of ether oxygens (including phenoxy) is 1. The summed E-state index contributed by atoms with van der Waals surface area (Å²) in [7, 11) is 0. The Balaban J connectivity index is 1.66. The van der Waals surface area contributed by atoms with Crippen molar-refractivity contribution < 1.29 is 4.74 Å². The Kier molecular flexibility index (Phi) is 5.00. The van der Waals surface area contributed by atoms with Crippen molar-refractivity contribution in [2.45, 2.75) is 33.2 Å². The minimum Gasteiger partial charge on any atom is -0.378 e. The molecule has 5 nitrogen and oxygen atoms in total. The fraction of sp³-hybridized carbons (Fsp3) is 0.571. The normalized spacial score (nSPS) is 20.0. The van der Waals surface area contributed by atoms with E-state index in [4.69, 9.17) is 4.74 Å². The number of nitrogens with zero attached hydrogens (tertiary/aromatic N) is 2. The number of rotatable bonds is 3. The number of likely N-dealkylation sites (tertiary alicyclic amines) is 1. The van der Waals surface area contributed by atoms with Crippen LogP contribution in [0.2, 0.25) is 0 Å². The van der Waals surface area contributed by atoms with Crippen LogP contribution in [-0.4, -0.2) is 49.3 Å². The van der Waals surface area contributed by atoms with Gasteiger partial charge in [0.05, 0.1) is 13.2 Å². The van der Waals surface area contributed by atoms with Crippen molar-refractivity contribution in [3.05, 3.63) is 39.7 Å². The number of morpholine rings is 1. The summed E-state index contributed by atoms with van der Waals surface area (Å²) in [5.74, 6) is 0.804. The molecule has 3 heterocycles. The fourth-order valence-electron chi connectivity index (χ4n) is 4.09.